The van der Waals surface area contributed by atoms with Crippen molar-refractivity contribution >= 4 is 5.91 Å². The number of likely N-dealkylation sites (N-methyl/N-ethyl adjacent to an activating group) is 1. The van der Waals surface area contributed by atoms with Crippen LogP contribution in [0.4, 0.5) is 22.0 Å². The lowest BCUT2D eigenvalue weighted by Crippen LogP contribution is -2.43. The van der Waals surface area contributed by atoms with Crippen LogP contribution in [0.25, 0.3) is 11.1 Å². The molecule has 12 heteroatoms. The second-order valence-electron chi connectivity index (χ2n) is 13.1. The quantitative estimate of drug-likeness (QED) is 0.0774. The first-order valence-electron chi connectivity index (χ1n) is 17.1. The highest BCUT2D eigenvalue weighted by molar-refractivity contribution is 5.94. The molecular weight excluding hydrogens is 693 g/mol. The summed E-state index contributed by atoms with van der Waals surface area (Å²) in [7, 11) is 2.06. The van der Waals surface area contributed by atoms with Crippen LogP contribution in [0.1, 0.15) is 57.6 Å². The highest BCUT2D eigenvalue weighted by Crippen LogP contribution is 2.42. The van der Waals surface area contributed by atoms with E-state index >= 15 is 0 Å². The minimum atomic E-state index is -2.33. The number of aliphatic hydroxyl groups is 1. The summed E-state index contributed by atoms with van der Waals surface area (Å²) in [5.74, 6) is -12.5. The first-order valence-corrected chi connectivity index (χ1v) is 17.1. The van der Waals surface area contributed by atoms with Gasteiger partial charge < -0.3 is 24.8 Å². The van der Waals surface area contributed by atoms with E-state index in [0.717, 1.165) is 46.5 Å². The van der Waals surface area contributed by atoms with Gasteiger partial charge in [0, 0.05) is 49.4 Å². The Morgan fingerprint density at radius 3 is 2.13 bits per heavy atom. The predicted octanol–water partition coefficient (Wildman–Crippen LogP) is 7.83. The van der Waals surface area contributed by atoms with Crippen LogP contribution < -0.4 is 5.32 Å². The molecule has 1 aromatic heterocycles. The second kappa shape index (κ2) is 16.8. The fourth-order valence-corrected chi connectivity index (χ4v) is 6.35. The van der Waals surface area contributed by atoms with Gasteiger partial charge in [-0.1, -0.05) is 79.7 Å². The number of rotatable bonds is 12. The molecule has 7 nitrogen and oxygen atoms in total. The van der Waals surface area contributed by atoms with E-state index in [-0.39, 0.29) is 31.3 Å². The van der Waals surface area contributed by atoms with E-state index in [1.165, 1.54) is 0 Å². The van der Waals surface area contributed by atoms with Gasteiger partial charge in [-0.25, -0.2) is 22.0 Å². The van der Waals surface area contributed by atoms with Crippen molar-refractivity contribution in [1.82, 2.24) is 15.2 Å². The highest BCUT2D eigenvalue weighted by atomic mass is 19.2. The van der Waals surface area contributed by atoms with Crippen molar-refractivity contribution in [3.05, 3.63) is 160 Å². The Labute approximate surface area is 304 Å². The third-order valence-corrected chi connectivity index (χ3v) is 9.42. The zero-order valence-corrected chi connectivity index (χ0v) is 29.0. The third kappa shape index (κ3) is 8.63. The van der Waals surface area contributed by atoms with Gasteiger partial charge in [0.25, 0.3) is 5.91 Å². The first kappa shape index (κ1) is 37.7. The van der Waals surface area contributed by atoms with Crippen molar-refractivity contribution in [3.8, 4) is 11.1 Å². The topological polar surface area (TPSA) is 83.9 Å². The molecule has 6 rings (SSSR count). The molecule has 1 aliphatic heterocycles. The van der Waals surface area contributed by atoms with E-state index in [4.69, 9.17) is 9.47 Å². The number of nitrogens with one attached hydrogen (secondary N) is 1. The number of ether oxygens (including phenoxy) is 2. The van der Waals surface area contributed by atoms with E-state index < -0.39 is 46.8 Å². The smallest absolute Gasteiger partial charge is 0.257 e. The molecule has 4 aromatic carbocycles. The number of hydrogen-bond acceptors (Lipinski definition) is 6. The van der Waals surface area contributed by atoms with E-state index in [2.05, 4.69) is 29.2 Å². The number of benzene rings is 4. The fourth-order valence-electron chi connectivity index (χ4n) is 6.35. The molecule has 53 heavy (non-hydrogen) atoms. The van der Waals surface area contributed by atoms with Crippen LogP contribution in [-0.4, -0.2) is 47.1 Å². The van der Waals surface area contributed by atoms with Gasteiger partial charge in [-0.3, -0.25) is 9.78 Å². The van der Waals surface area contributed by atoms with Gasteiger partial charge in [0.05, 0.1) is 18.8 Å². The summed E-state index contributed by atoms with van der Waals surface area (Å²) in [4.78, 5) is 19.1. The molecule has 0 aliphatic carbocycles. The normalized spacial score (nSPS) is 18.7. The summed E-state index contributed by atoms with van der Waals surface area (Å²) in [6, 6.07) is 28.1. The van der Waals surface area contributed by atoms with Gasteiger partial charge in [-0.05, 0) is 53.1 Å². The molecule has 1 aliphatic rings. The average molecular weight is 732 g/mol. The maximum absolute atomic E-state index is 14.1. The standard InChI is InChI=1S/C41H38F5N3O4/c1-24-32(22-49(2)19-17-31-8-3-4-18-47-31)52-41(53-39(24)28-11-9-25(23-50)10-12-28)29-15-13-27(14-16-29)30-7-5-6-26(20-30)21-48-40(51)33-34(42)36(44)38(46)37(45)35(33)43/h3-16,18,20,24,32,39,41,50H,17,19,21-23H2,1-2H3,(H,48,51). The average Bonchev–Trinajstić information content (AvgIpc) is 3.19. The van der Waals surface area contributed by atoms with Crippen LogP contribution in [0.15, 0.2) is 97.2 Å². The van der Waals surface area contributed by atoms with Crippen molar-refractivity contribution in [2.75, 3.05) is 20.1 Å². The van der Waals surface area contributed by atoms with E-state index in [0.29, 0.717) is 12.1 Å². The Morgan fingerprint density at radius 1 is 0.792 bits per heavy atom. The molecule has 4 unspecified atom stereocenters. The molecule has 0 saturated carbocycles. The first-order chi connectivity index (χ1) is 25.5. The van der Waals surface area contributed by atoms with Gasteiger partial charge in [-0.2, -0.15) is 0 Å². The van der Waals surface area contributed by atoms with Gasteiger partial charge in [0.15, 0.2) is 29.6 Å². The highest BCUT2D eigenvalue weighted by Gasteiger charge is 2.39. The SMILES string of the molecule is CC1C(CN(C)CCc2ccccn2)OC(c2ccc(-c3cccc(CNC(=O)c4c(F)c(F)c(F)c(F)c4F)c3)cc2)OC1c1ccc(CO)cc1. The molecule has 2 N–H and O–H groups in total. The van der Waals surface area contributed by atoms with Crippen molar-refractivity contribution in [3.63, 3.8) is 0 Å². The zero-order valence-electron chi connectivity index (χ0n) is 29.0. The van der Waals surface area contributed by atoms with E-state index in [1.807, 2.05) is 72.8 Å². The maximum Gasteiger partial charge on any atom is 0.257 e. The molecule has 1 fully saturated rings. The Hall–Kier alpha value is -5.01. The summed E-state index contributed by atoms with van der Waals surface area (Å²) in [5, 5.41) is 11.8. The molecule has 1 amide bonds. The lowest BCUT2D eigenvalue weighted by molar-refractivity contribution is -0.275. The van der Waals surface area contributed by atoms with Gasteiger partial charge in [-0.15, -0.1) is 0 Å². The number of nitrogens with zero attached hydrogens (tertiary/aromatic N) is 2. The Morgan fingerprint density at radius 2 is 1.47 bits per heavy atom. The summed E-state index contributed by atoms with van der Waals surface area (Å²) in [5.41, 5.74) is 4.15. The Kier molecular flexibility index (Phi) is 11.9. The number of hydrogen-bond donors (Lipinski definition) is 2. The summed E-state index contributed by atoms with van der Waals surface area (Å²) in [6.45, 7) is 3.27. The Balaban J connectivity index is 1.16. The van der Waals surface area contributed by atoms with Gasteiger partial charge >= 0.3 is 0 Å². The largest absolute Gasteiger partial charge is 0.392 e. The fraction of sp³-hybridized carbons (Fsp3) is 0.268. The minimum absolute atomic E-state index is 0.000112. The molecular formula is C41H38F5N3O4. The van der Waals surface area contributed by atoms with Crippen LogP contribution in [0.3, 0.4) is 0 Å². The second-order valence-corrected chi connectivity index (χ2v) is 13.1. The van der Waals surface area contributed by atoms with Crippen molar-refractivity contribution in [1.29, 1.82) is 0 Å². The molecule has 0 radical (unpaired) electrons. The van der Waals surface area contributed by atoms with Crippen LogP contribution in [-0.2, 0) is 29.0 Å². The van der Waals surface area contributed by atoms with Gasteiger partial charge in [0.1, 0.15) is 5.56 Å². The molecule has 5 aromatic rings. The van der Waals surface area contributed by atoms with Crippen LogP contribution in [0, 0.1) is 35.0 Å². The van der Waals surface area contributed by atoms with Crippen molar-refractivity contribution < 1.29 is 41.3 Å². The lowest BCUT2D eigenvalue weighted by Gasteiger charge is -2.42. The number of pyridine rings is 1. The molecule has 0 bridgehead atoms. The number of aromatic nitrogens is 1. The number of amides is 1. The Bertz CT molecular complexity index is 2000. The van der Waals surface area contributed by atoms with Crippen LogP contribution in [0.5, 0.6) is 0 Å². The maximum atomic E-state index is 14.1. The van der Waals surface area contributed by atoms with Gasteiger partial charge in [0.2, 0.25) is 5.82 Å². The lowest BCUT2D eigenvalue weighted by atomic mass is 9.90. The van der Waals surface area contributed by atoms with E-state index in [1.54, 1.807) is 24.4 Å². The number of carbonyl (C=O) groups is 1. The molecule has 276 valence electrons. The molecule has 1 saturated heterocycles. The number of carbonyl (C=O) groups excluding carboxylic acids is 1. The van der Waals surface area contributed by atoms with Crippen LogP contribution in [0.2, 0.25) is 0 Å². The molecule has 0 spiro atoms. The molecule has 2 heterocycles. The zero-order chi connectivity index (χ0) is 37.6. The molecule has 4 atom stereocenters. The monoisotopic (exact) mass is 731 g/mol. The number of aliphatic hydroxyl groups excluding tert-OH is 1. The van der Waals surface area contributed by atoms with Crippen LogP contribution >= 0.6 is 0 Å². The van der Waals surface area contributed by atoms with Crippen molar-refractivity contribution in [2.45, 2.75) is 45.0 Å². The summed E-state index contributed by atoms with van der Waals surface area (Å²) < 4.78 is 82.2. The minimum Gasteiger partial charge on any atom is -0.392 e. The predicted molar refractivity (Wildman–Crippen MR) is 188 cm³/mol. The summed E-state index contributed by atoms with van der Waals surface area (Å²) >= 11 is 0. The van der Waals surface area contributed by atoms with Crippen molar-refractivity contribution in [2.24, 2.45) is 5.92 Å². The van der Waals surface area contributed by atoms with E-state index in [9.17, 15) is 31.9 Å². The number of halogens is 5. The third-order valence-electron chi connectivity index (χ3n) is 9.42. The summed E-state index contributed by atoms with van der Waals surface area (Å²) in [6.07, 6.45) is 1.44.